The zero-order valence-corrected chi connectivity index (χ0v) is 18.6. The molecule has 4 rings (SSSR count). The van der Waals surface area contributed by atoms with Crippen LogP contribution in [0.1, 0.15) is 19.7 Å². The maximum atomic E-state index is 13.4. The molecule has 0 N–H and O–H groups in total. The number of nitrogens with zero attached hydrogens (tertiary/aromatic N) is 3. The number of fused-ring (bicyclic) bond motifs is 1. The molecule has 2 heterocycles. The number of aromatic nitrogens is 2. The van der Waals surface area contributed by atoms with Crippen molar-refractivity contribution in [3.8, 4) is 22.3 Å². The van der Waals surface area contributed by atoms with Crippen molar-refractivity contribution in [2.24, 2.45) is 0 Å². The second-order valence-corrected chi connectivity index (χ2v) is 8.27. The first-order chi connectivity index (χ1) is 14.6. The standard InChI is InChI=1S/C25H27N3OS/c1-4-27(5-2)15-16-28-18(3)26-24-23(25(28)29)22(17-30-24)21-13-11-20(12-14-21)19-9-7-6-8-10-19/h6-14,17H,4-5,15-16H2,1-3H3. The van der Waals surface area contributed by atoms with Crippen LogP contribution in [0.5, 0.6) is 0 Å². The van der Waals surface area contributed by atoms with Gasteiger partial charge in [0.15, 0.2) is 0 Å². The summed E-state index contributed by atoms with van der Waals surface area (Å²) in [4.78, 5) is 21.3. The minimum absolute atomic E-state index is 0.0630. The molecule has 2 aromatic carbocycles. The lowest BCUT2D eigenvalue weighted by atomic mass is 10.0. The molecule has 0 radical (unpaired) electrons. The quantitative estimate of drug-likeness (QED) is 0.402. The molecule has 0 amide bonds. The summed E-state index contributed by atoms with van der Waals surface area (Å²) in [5, 5.41) is 2.79. The van der Waals surface area contributed by atoms with Crippen LogP contribution < -0.4 is 5.56 Å². The Hall–Kier alpha value is -2.76. The first-order valence-electron chi connectivity index (χ1n) is 10.5. The molecule has 0 aliphatic heterocycles. The summed E-state index contributed by atoms with van der Waals surface area (Å²) in [6.45, 7) is 9.71. The van der Waals surface area contributed by atoms with E-state index in [9.17, 15) is 4.79 Å². The third-order valence-corrected chi connectivity index (χ3v) is 6.59. The van der Waals surface area contributed by atoms with Gasteiger partial charge in [-0.2, -0.15) is 0 Å². The van der Waals surface area contributed by atoms with E-state index in [0.29, 0.717) is 6.54 Å². The maximum Gasteiger partial charge on any atom is 0.262 e. The Morgan fingerprint density at radius 1 is 0.933 bits per heavy atom. The summed E-state index contributed by atoms with van der Waals surface area (Å²) in [7, 11) is 0. The van der Waals surface area contributed by atoms with Crippen molar-refractivity contribution in [1.82, 2.24) is 14.5 Å². The Balaban J connectivity index is 1.72. The molecule has 0 atom stereocenters. The van der Waals surface area contributed by atoms with Gasteiger partial charge in [-0.3, -0.25) is 9.36 Å². The van der Waals surface area contributed by atoms with Gasteiger partial charge in [0.25, 0.3) is 5.56 Å². The largest absolute Gasteiger partial charge is 0.302 e. The number of aryl methyl sites for hydroxylation is 1. The van der Waals surface area contributed by atoms with Crippen molar-refractivity contribution in [3.05, 3.63) is 76.2 Å². The third-order valence-electron chi connectivity index (χ3n) is 5.72. The van der Waals surface area contributed by atoms with E-state index < -0.39 is 0 Å². The second kappa shape index (κ2) is 8.94. The topological polar surface area (TPSA) is 38.1 Å². The van der Waals surface area contributed by atoms with Gasteiger partial charge in [0, 0.05) is 24.0 Å². The minimum Gasteiger partial charge on any atom is -0.302 e. The van der Waals surface area contributed by atoms with Crippen molar-refractivity contribution in [3.63, 3.8) is 0 Å². The van der Waals surface area contributed by atoms with E-state index in [-0.39, 0.29) is 5.56 Å². The van der Waals surface area contributed by atoms with Gasteiger partial charge in [0.1, 0.15) is 10.7 Å². The van der Waals surface area contributed by atoms with E-state index in [2.05, 4.69) is 60.5 Å². The highest BCUT2D eigenvalue weighted by molar-refractivity contribution is 7.17. The molecule has 5 heteroatoms. The Morgan fingerprint density at radius 2 is 1.57 bits per heavy atom. The first kappa shape index (κ1) is 20.5. The summed E-state index contributed by atoms with van der Waals surface area (Å²) in [5.41, 5.74) is 4.45. The Morgan fingerprint density at radius 3 is 2.23 bits per heavy atom. The van der Waals surface area contributed by atoms with E-state index in [1.54, 1.807) is 11.3 Å². The summed E-state index contributed by atoms with van der Waals surface area (Å²) < 4.78 is 1.83. The highest BCUT2D eigenvalue weighted by Crippen LogP contribution is 2.32. The van der Waals surface area contributed by atoms with Crippen molar-refractivity contribution < 1.29 is 0 Å². The number of rotatable bonds is 7. The predicted molar refractivity (Wildman–Crippen MR) is 127 cm³/mol. The minimum atomic E-state index is 0.0630. The molecule has 0 spiro atoms. The monoisotopic (exact) mass is 417 g/mol. The van der Waals surface area contributed by atoms with E-state index in [1.165, 1.54) is 11.1 Å². The summed E-state index contributed by atoms with van der Waals surface area (Å²) in [5.74, 6) is 0.785. The molecule has 0 bridgehead atoms. The molecule has 0 fully saturated rings. The van der Waals surface area contributed by atoms with Crippen LogP contribution in [0.15, 0.2) is 64.8 Å². The fourth-order valence-corrected chi connectivity index (χ4v) is 4.84. The molecule has 154 valence electrons. The first-order valence-corrected chi connectivity index (χ1v) is 11.4. The molecule has 0 aliphatic carbocycles. The van der Waals surface area contributed by atoms with Crippen LogP contribution in [0.3, 0.4) is 0 Å². The lowest BCUT2D eigenvalue weighted by Gasteiger charge is -2.19. The van der Waals surface area contributed by atoms with Gasteiger partial charge in [-0.05, 0) is 36.7 Å². The van der Waals surface area contributed by atoms with E-state index in [0.717, 1.165) is 46.8 Å². The highest BCUT2D eigenvalue weighted by Gasteiger charge is 2.16. The van der Waals surface area contributed by atoms with Crippen molar-refractivity contribution >= 4 is 21.6 Å². The van der Waals surface area contributed by atoms with Crippen LogP contribution in [0.4, 0.5) is 0 Å². The molecule has 0 unspecified atom stereocenters. The summed E-state index contributed by atoms with van der Waals surface area (Å²) in [6.07, 6.45) is 0. The molecule has 0 aliphatic rings. The van der Waals surface area contributed by atoms with Crippen molar-refractivity contribution in [2.75, 3.05) is 19.6 Å². The Labute approximate surface area is 181 Å². The smallest absolute Gasteiger partial charge is 0.262 e. The molecule has 2 aromatic heterocycles. The number of hydrogen-bond acceptors (Lipinski definition) is 4. The fraction of sp³-hybridized carbons (Fsp3) is 0.280. The summed E-state index contributed by atoms with van der Waals surface area (Å²) in [6, 6.07) is 18.8. The Bertz CT molecular complexity index is 1190. The van der Waals surface area contributed by atoms with E-state index >= 15 is 0 Å². The average molecular weight is 418 g/mol. The van der Waals surface area contributed by atoms with E-state index in [4.69, 9.17) is 4.98 Å². The zero-order valence-electron chi connectivity index (χ0n) is 17.8. The zero-order chi connectivity index (χ0) is 21.1. The van der Waals surface area contributed by atoms with Crippen LogP contribution in [-0.2, 0) is 6.54 Å². The van der Waals surface area contributed by atoms with Crippen LogP contribution in [0.25, 0.3) is 32.5 Å². The van der Waals surface area contributed by atoms with Gasteiger partial charge in [-0.25, -0.2) is 4.98 Å². The molecular weight excluding hydrogens is 390 g/mol. The molecule has 4 nitrogen and oxygen atoms in total. The van der Waals surface area contributed by atoms with Gasteiger partial charge in [-0.1, -0.05) is 68.4 Å². The Kier molecular flexibility index (Phi) is 6.11. The van der Waals surface area contributed by atoms with Crippen LogP contribution in [-0.4, -0.2) is 34.1 Å². The van der Waals surface area contributed by atoms with Crippen molar-refractivity contribution in [2.45, 2.75) is 27.3 Å². The second-order valence-electron chi connectivity index (χ2n) is 7.42. The van der Waals surface area contributed by atoms with Gasteiger partial charge >= 0.3 is 0 Å². The van der Waals surface area contributed by atoms with Gasteiger partial charge in [0.2, 0.25) is 0 Å². The SMILES string of the molecule is CCN(CC)CCn1c(C)nc2scc(-c3ccc(-c4ccccc4)cc3)c2c1=O. The number of likely N-dealkylation sites (N-methyl/N-ethyl adjacent to an activating group) is 1. The number of benzene rings is 2. The maximum absolute atomic E-state index is 13.4. The average Bonchev–Trinajstić information content (AvgIpc) is 3.21. The normalized spacial score (nSPS) is 11.5. The number of thiophene rings is 1. The predicted octanol–water partition coefficient (Wildman–Crippen LogP) is 5.44. The highest BCUT2D eigenvalue weighted by atomic mass is 32.1. The molecule has 0 saturated carbocycles. The lowest BCUT2D eigenvalue weighted by Crippen LogP contribution is -2.32. The molecule has 0 saturated heterocycles. The third kappa shape index (κ3) is 3.95. The molecule has 30 heavy (non-hydrogen) atoms. The van der Waals surface area contributed by atoms with Crippen molar-refractivity contribution in [1.29, 1.82) is 0 Å². The number of hydrogen-bond donors (Lipinski definition) is 0. The van der Waals surface area contributed by atoms with Gasteiger partial charge in [-0.15, -0.1) is 11.3 Å². The fourth-order valence-electron chi connectivity index (χ4n) is 3.86. The van der Waals surface area contributed by atoms with Gasteiger partial charge < -0.3 is 4.90 Å². The van der Waals surface area contributed by atoms with Crippen LogP contribution in [0, 0.1) is 6.92 Å². The van der Waals surface area contributed by atoms with Crippen LogP contribution >= 0.6 is 11.3 Å². The molecular formula is C25H27N3OS. The summed E-state index contributed by atoms with van der Waals surface area (Å²) >= 11 is 1.54. The molecule has 4 aromatic rings. The van der Waals surface area contributed by atoms with Gasteiger partial charge in [0.05, 0.1) is 5.39 Å². The van der Waals surface area contributed by atoms with Crippen LogP contribution in [0.2, 0.25) is 0 Å². The van der Waals surface area contributed by atoms with E-state index in [1.807, 2.05) is 29.7 Å². The lowest BCUT2D eigenvalue weighted by molar-refractivity contribution is 0.288.